The van der Waals surface area contributed by atoms with Crippen LogP contribution in [0.15, 0.2) is 126 Å². The Morgan fingerprint density at radius 3 is 1.81 bits per heavy atom. The van der Waals surface area contributed by atoms with Gasteiger partial charge in [-0.15, -0.1) is 0 Å². The Labute approximate surface area is 181 Å². The smallest absolute Gasteiger partial charge is 0.377 e. The molecule has 0 aromatic heterocycles. The number of para-hydroxylation sites is 2. The first kappa shape index (κ1) is 19.3. The number of hydrogen-bond donors (Lipinski definition) is 0. The van der Waals surface area contributed by atoms with Gasteiger partial charge in [0.1, 0.15) is 11.4 Å². The monoisotopic (exact) mass is 424 g/mol. The van der Waals surface area contributed by atoms with Crippen LogP contribution in [-0.4, -0.2) is 5.71 Å². The molecule has 1 aliphatic rings. The number of benzene rings is 4. The molecule has 2 atom stereocenters. The number of anilines is 1. The Kier molecular flexibility index (Phi) is 5.15. The van der Waals surface area contributed by atoms with Crippen LogP contribution in [0.4, 0.5) is 5.69 Å². The van der Waals surface area contributed by atoms with Gasteiger partial charge in [0.25, 0.3) is 0 Å². The van der Waals surface area contributed by atoms with E-state index in [4.69, 9.17) is 9.63 Å². The summed E-state index contributed by atoms with van der Waals surface area (Å²) in [6, 6.07) is 38.6. The fraction of sp³-hybridized carbons (Fsp3) is 0.0385. The quantitative estimate of drug-likeness (QED) is 0.326. The average Bonchev–Trinajstić information content (AvgIpc) is 3.14. The lowest BCUT2D eigenvalue weighted by Crippen LogP contribution is -2.17. The predicted molar refractivity (Wildman–Crippen MR) is 126 cm³/mol. The Morgan fingerprint density at radius 2 is 1.19 bits per heavy atom. The fourth-order valence-corrected chi connectivity index (χ4v) is 6.35. The SMILES string of the molecule is O=P1(Oc2ccccc2)C(c2ccccc2)C(c2ccccc2)=NN1c1ccccc1. The first-order chi connectivity index (χ1) is 15.3. The highest BCUT2D eigenvalue weighted by atomic mass is 31.2. The number of rotatable bonds is 5. The molecule has 0 saturated heterocycles. The summed E-state index contributed by atoms with van der Waals surface area (Å²) in [6.07, 6.45) is 0. The van der Waals surface area contributed by atoms with Crippen molar-refractivity contribution in [2.24, 2.45) is 5.10 Å². The van der Waals surface area contributed by atoms with E-state index in [1.54, 1.807) is 4.78 Å². The summed E-state index contributed by atoms with van der Waals surface area (Å²) in [5.41, 5.74) is 2.76. The second kappa shape index (κ2) is 8.25. The fourth-order valence-electron chi connectivity index (χ4n) is 3.79. The minimum atomic E-state index is -3.55. The Balaban J connectivity index is 1.72. The van der Waals surface area contributed by atoms with Crippen molar-refractivity contribution in [2.45, 2.75) is 5.66 Å². The van der Waals surface area contributed by atoms with Gasteiger partial charge in [-0.2, -0.15) is 9.88 Å². The molecule has 0 aliphatic carbocycles. The minimum Gasteiger partial charge on any atom is -0.427 e. The molecule has 4 aromatic carbocycles. The largest absolute Gasteiger partial charge is 0.427 e. The summed E-state index contributed by atoms with van der Waals surface area (Å²) in [5.74, 6) is 0.553. The standard InChI is InChI=1S/C26H21N2O2P/c29-31(30-24-19-11-4-12-20-24)26(22-15-7-2-8-16-22)25(21-13-5-1-6-14-21)27-28(31)23-17-9-3-10-18-23/h1-20,26H. The number of hydrogen-bond acceptors (Lipinski definition) is 3. The molecule has 1 aliphatic heterocycles. The first-order valence-electron chi connectivity index (χ1n) is 10.1. The molecule has 2 unspecified atom stereocenters. The van der Waals surface area contributed by atoms with E-state index in [1.807, 2.05) is 121 Å². The Bertz CT molecular complexity index is 1230. The van der Waals surface area contributed by atoms with Crippen LogP contribution in [0.2, 0.25) is 0 Å². The Hall–Kier alpha value is -3.62. The molecule has 5 rings (SSSR count). The van der Waals surface area contributed by atoms with Crippen LogP contribution in [0, 0.1) is 0 Å². The van der Waals surface area contributed by atoms with Gasteiger partial charge >= 0.3 is 7.52 Å². The lowest BCUT2D eigenvalue weighted by atomic mass is 10.0. The van der Waals surface area contributed by atoms with Crippen LogP contribution in [0.1, 0.15) is 16.8 Å². The molecule has 0 fully saturated rings. The lowest BCUT2D eigenvalue weighted by Gasteiger charge is -2.28. The topological polar surface area (TPSA) is 41.9 Å². The molecule has 4 nitrogen and oxygen atoms in total. The van der Waals surface area contributed by atoms with Crippen molar-refractivity contribution in [3.63, 3.8) is 0 Å². The average molecular weight is 424 g/mol. The van der Waals surface area contributed by atoms with Crippen LogP contribution in [0.25, 0.3) is 0 Å². The van der Waals surface area contributed by atoms with E-state index in [0.29, 0.717) is 5.75 Å². The van der Waals surface area contributed by atoms with E-state index in [-0.39, 0.29) is 0 Å². The highest BCUT2D eigenvalue weighted by Gasteiger charge is 2.52. The molecule has 152 valence electrons. The number of hydrazone groups is 1. The zero-order valence-electron chi connectivity index (χ0n) is 16.8. The molecule has 31 heavy (non-hydrogen) atoms. The second-order valence-electron chi connectivity index (χ2n) is 7.26. The summed E-state index contributed by atoms with van der Waals surface area (Å²) in [6.45, 7) is 0. The third-order valence-electron chi connectivity index (χ3n) is 5.20. The zero-order valence-corrected chi connectivity index (χ0v) is 17.7. The van der Waals surface area contributed by atoms with Gasteiger partial charge in [-0.3, -0.25) is 4.57 Å². The number of nitrogens with zero attached hydrogens (tertiary/aromatic N) is 2. The summed E-state index contributed by atoms with van der Waals surface area (Å²) in [5, 5.41) is 4.90. The maximum Gasteiger partial charge on any atom is 0.377 e. The van der Waals surface area contributed by atoms with Crippen molar-refractivity contribution in [2.75, 3.05) is 4.78 Å². The normalized spacial score (nSPS) is 20.3. The van der Waals surface area contributed by atoms with Gasteiger partial charge < -0.3 is 4.52 Å². The van der Waals surface area contributed by atoms with Gasteiger partial charge in [-0.1, -0.05) is 97.1 Å². The van der Waals surface area contributed by atoms with Gasteiger partial charge in [0.05, 0.1) is 11.4 Å². The van der Waals surface area contributed by atoms with E-state index < -0.39 is 13.2 Å². The third kappa shape index (κ3) is 3.67. The molecule has 0 spiro atoms. The van der Waals surface area contributed by atoms with Gasteiger partial charge in [0.2, 0.25) is 0 Å². The van der Waals surface area contributed by atoms with Crippen molar-refractivity contribution in [3.05, 3.63) is 132 Å². The highest BCUT2D eigenvalue weighted by Crippen LogP contribution is 2.68. The molecule has 0 N–H and O–H groups in total. The van der Waals surface area contributed by atoms with E-state index in [2.05, 4.69) is 0 Å². The van der Waals surface area contributed by atoms with Crippen molar-refractivity contribution in [1.29, 1.82) is 0 Å². The van der Waals surface area contributed by atoms with Crippen LogP contribution in [0.5, 0.6) is 5.75 Å². The molecule has 0 bridgehead atoms. The van der Waals surface area contributed by atoms with Crippen LogP contribution in [0.3, 0.4) is 0 Å². The van der Waals surface area contributed by atoms with E-state index in [0.717, 1.165) is 22.5 Å². The van der Waals surface area contributed by atoms with Crippen molar-refractivity contribution < 1.29 is 9.09 Å². The molecule has 5 heteroatoms. The van der Waals surface area contributed by atoms with E-state index in [9.17, 15) is 4.57 Å². The van der Waals surface area contributed by atoms with E-state index in [1.165, 1.54) is 0 Å². The van der Waals surface area contributed by atoms with Gasteiger partial charge in [-0.05, 0) is 35.4 Å². The molecular weight excluding hydrogens is 403 g/mol. The van der Waals surface area contributed by atoms with Crippen molar-refractivity contribution >= 4 is 18.9 Å². The molecule has 1 heterocycles. The third-order valence-corrected chi connectivity index (χ3v) is 7.72. The molecule has 0 amide bonds. The van der Waals surface area contributed by atoms with Crippen LogP contribution >= 0.6 is 7.52 Å². The zero-order chi connectivity index (χ0) is 21.1. The second-order valence-corrected chi connectivity index (χ2v) is 9.46. The maximum atomic E-state index is 14.8. The summed E-state index contributed by atoms with van der Waals surface area (Å²) in [4.78, 5) is 0. The van der Waals surface area contributed by atoms with Crippen LogP contribution in [-0.2, 0) is 4.57 Å². The highest BCUT2D eigenvalue weighted by molar-refractivity contribution is 7.63. The maximum absolute atomic E-state index is 14.8. The summed E-state index contributed by atoms with van der Waals surface area (Å²) < 4.78 is 22.7. The van der Waals surface area contributed by atoms with Gasteiger partial charge in [0.15, 0.2) is 0 Å². The molecule has 0 saturated carbocycles. The lowest BCUT2D eigenvalue weighted by molar-refractivity contribution is 0.476. The van der Waals surface area contributed by atoms with Crippen LogP contribution < -0.4 is 9.30 Å². The molecular formula is C26H21N2O2P. The molecule has 4 aromatic rings. The minimum absolute atomic E-state index is 0.531. The summed E-state index contributed by atoms with van der Waals surface area (Å²) in [7, 11) is -3.55. The molecule has 0 radical (unpaired) electrons. The van der Waals surface area contributed by atoms with Gasteiger partial charge in [0, 0.05) is 0 Å². The summed E-state index contributed by atoms with van der Waals surface area (Å²) >= 11 is 0. The first-order valence-corrected chi connectivity index (χ1v) is 11.8. The van der Waals surface area contributed by atoms with E-state index >= 15 is 0 Å². The van der Waals surface area contributed by atoms with Gasteiger partial charge in [-0.25, -0.2) is 0 Å². The predicted octanol–water partition coefficient (Wildman–Crippen LogP) is 6.92. The van der Waals surface area contributed by atoms with Crippen molar-refractivity contribution in [1.82, 2.24) is 0 Å². The Morgan fingerprint density at radius 1 is 0.677 bits per heavy atom. The van der Waals surface area contributed by atoms with Crippen molar-refractivity contribution in [3.8, 4) is 5.75 Å².